The minimum absolute atomic E-state index is 0.0457. The van der Waals surface area contributed by atoms with E-state index in [-0.39, 0.29) is 5.91 Å². The molecule has 0 aliphatic carbocycles. The summed E-state index contributed by atoms with van der Waals surface area (Å²) < 4.78 is 7.58. The van der Waals surface area contributed by atoms with E-state index in [9.17, 15) is 4.79 Å². The van der Waals surface area contributed by atoms with Crippen LogP contribution in [0.4, 0.5) is 0 Å². The van der Waals surface area contributed by atoms with E-state index < -0.39 is 0 Å². The maximum Gasteiger partial charge on any atom is 0.251 e. The SMILES string of the molecule is COc1ccc2cc(Br)ccc2c1CSCCNC(=O)c1ccc(Br)cc1. The van der Waals surface area contributed by atoms with Crippen molar-refractivity contribution in [3.8, 4) is 5.75 Å². The van der Waals surface area contributed by atoms with Crippen LogP contribution in [-0.2, 0) is 5.75 Å². The lowest BCUT2D eigenvalue weighted by atomic mass is 10.0. The van der Waals surface area contributed by atoms with Gasteiger partial charge in [-0.25, -0.2) is 0 Å². The molecule has 140 valence electrons. The molecular weight excluding hydrogens is 490 g/mol. The highest BCUT2D eigenvalue weighted by atomic mass is 79.9. The normalized spacial score (nSPS) is 10.8. The number of rotatable bonds is 7. The predicted molar refractivity (Wildman–Crippen MR) is 121 cm³/mol. The van der Waals surface area contributed by atoms with Gasteiger partial charge in [0.05, 0.1) is 7.11 Å². The van der Waals surface area contributed by atoms with Crippen LogP contribution in [0.2, 0.25) is 0 Å². The Labute approximate surface area is 180 Å². The molecule has 1 amide bonds. The van der Waals surface area contributed by atoms with Gasteiger partial charge < -0.3 is 10.1 Å². The van der Waals surface area contributed by atoms with E-state index in [4.69, 9.17) is 4.74 Å². The van der Waals surface area contributed by atoms with E-state index in [2.05, 4.69) is 55.4 Å². The highest BCUT2D eigenvalue weighted by Gasteiger charge is 2.09. The summed E-state index contributed by atoms with van der Waals surface area (Å²) in [6.07, 6.45) is 0. The van der Waals surface area contributed by atoms with E-state index in [0.717, 1.165) is 26.2 Å². The lowest BCUT2D eigenvalue weighted by Crippen LogP contribution is -2.25. The number of carbonyl (C=O) groups is 1. The summed E-state index contributed by atoms with van der Waals surface area (Å²) in [6.45, 7) is 0.623. The summed E-state index contributed by atoms with van der Waals surface area (Å²) in [5.41, 5.74) is 1.86. The zero-order chi connectivity index (χ0) is 19.2. The van der Waals surface area contributed by atoms with Crippen molar-refractivity contribution in [2.45, 2.75) is 5.75 Å². The summed E-state index contributed by atoms with van der Waals surface area (Å²) in [7, 11) is 1.70. The first-order chi connectivity index (χ1) is 13.1. The molecular formula is C21H19Br2NO2S. The average molecular weight is 509 g/mol. The molecule has 0 aliphatic heterocycles. The molecule has 0 saturated carbocycles. The van der Waals surface area contributed by atoms with Crippen molar-refractivity contribution >= 4 is 60.3 Å². The standard InChI is InChI=1S/C21H19Br2NO2S/c1-26-20-9-4-15-12-17(23)7-8-18(15)19(20)13-27-11-10-24-21(25)14-2-5-16(22)6-3-14/h2-9,12H,10-11,13H2,1H3,(H,24,25). The van der Waals surface area contributed by atoms with Crippen molar-refractivity contribution in [3.05, 3.63) is 74.7 Å². The Morgan fingerprint density at radius 3 is 2.52 bits per heavy atom. The van der Waals surface area contributed by atoms with Gasteiger partial charge in [0.15, 0.2) is 0 Å². The molecule has 0 aromatic heterocycles. The quantitative estimate of drug-likeness (QED) is 0.395. The van der Waals surface area contributed by atoms with Gasteiger partial charge in [-0.3, -0.25) is 4.79 Å². The largest absolute Gasteiger partial charge is 0.496 e. The fraction of sp³-hybridized carbons (Fsp3) is 0.190. The number of nitrogens with one attached hydrogen (secondary N) is 1. The second-order valence-corrected chi connectivity index (χ2v) is 8.86. The molecule has 0 atom stereocenters. The molecule has 3 aromatic carbocycles. The number of ether oxygens (including phenoxy) is 1. The van der Waals surface area contributed by atoms with Crippen molar-refractivity contribution < 1.29 is 9.53 Å². The van der Waals surface area contributed by atoms with E-state index in [1.165, 1.54) is 16.3 Å². The van der Waals surface area contributed by atoms with Crippen molar-refractivity contribution in [1.29, 1.82) is 0 Å². The summed E-state index contributed by atoms with van der Waals surface area (Å²) in [5, 5.41) is 5.35. The lowest BCUT2D eigenvalue weighted by Gasteiger charge is -2.12. The molecule has 0 aliphatic rings. The zero-order valence-electron chi connectivity index (χ0n) is 14.8. The lowest BCUT2D eigenvalue weighted by molar-refractivity contribution is 0.0956. The first-order valence-electron chi connectivity index (χ1n) is 8.45. The molecule has 1 N–H and O–H groups in total. The molecule has 0 fully saturated rings. The second kappa shape index (κ2) is 9.62. The van der Waals surface area contributed by atoms with E-state index in [1.54, 1.807) is 18.9 Å². The highest BCUT2D eigenvalue weighted by Crippen LogP contribution is 2.32. The molecule has 0 bridgehead atoms. The number of methoxy groups -OCH3 is 1. The topological polar surface area (TPSA) is 38.3 Å². The molecule has 3 aromatic rings. The van der Waals surface area contributed by atoms with Crippen molar-refractivity contribution in [3.63, 3.8) is 0 Å². The van der Waals surface area contributed by atoms with Gasteiger partial charge >= 0.3 is 0 Å². The average Bonchev–Trinajstić information content (AvgIpc) is 2.67. The molecule has 3 nitrogen and oxygen atoms in total. The van der Waals surface area contributed by atoms with E-state index >= 15 is 0 Å². The second-order valence-electron chi connectivity index (χ2n) is 5.93. The number of hydrogen-bond donors (Lipinski definition) is 1. The Balaban J connectivity index is 1.57. The third-order valence-corrected chi connectivity index (χ3v) is 6.16. The number of carbonyl (C=O) groups excluding carboxylic acids is 1. The maximum absolute atomic E-state index is 12.1. The highest BCUT2D eigenvalue weighted by molar-refractivity contribution is 9.10. The zero-order valence-corrected chi connectivity index (χ0v) is 18.8. The molecule has 0 radical (unpaired) electrons. The number of thioether (sulfide) groups is 1. The number of benzene rings is 3. The summed E-state index contributed by atoms with van der Waals surface area (Å²) in [6, 6.07) is 17.7. The van der Waals surface area contributed by atoms with E-state index in [1.807, 2.05) is 36.4 Å². The molecule has 0 spiro atoms. The smallest absolute Gasteiger partial charge is 0.251 e. The van der Waals surface area contributed by atoms with Gasteiger partial charge in [0.2, 0.25) is 0 Å². The predicted octanol–water partition coefficient (Wildman–Crippen LogP) is 6.04. The maximum atomic E-state index is 12.1. The molecule has 0 saturated heterocycles. The minimum atomic E-state index is -0.0457. The van der Waals surface area contributed by atoms with Crippen LogP contribution in [0.1, 0.15) is 15.9 Å². The molecule has 0 unspecified atom stereocenters. The van der Waals surface area contributed by atoms with Crippen LogP contribution in [0.3, 0.4) is 0 Å². The van der Waals surface area contributed by atoms with Crippen LogP contribution in [0, 0.1) is 0 Å². The van der Waals surface area contributed by atoms with Crippen LogP contribution in [-0.4, -0.2) is 25.3 Å². The summed E-state index contributed by atoms with van der Waals surface area (Å²) in [5.74, 6) is 2.51. The van der Waals surface area contributed by atoms with Gasteiger partial charge in [-0.1, -0.05) is 44.0 Å². The van der Waals surface area contributed by atoms with Gasteiger partial charge in [-0.05, 0) is 53.2 Å². The molecule has 27 heavy (non-hydrogen) atoms. The van der Waals surface area contributed by atoms with Gasteiger partial charge in [0.25, 0.3) is 5.91 Å². The summed E-state index contributed by atoms with van der Waals surface area (Å²) >= 11 is 8.68. The van der Waals surface area contributed by atoms with Gasteiger partial charge in [-0.2, -0.15) is 11.8 Å². The fourth-order valence-electron chi connectivity index (χ4n) is 2.80. The molecule has 6 heteroatoms. The Morgan fingerprint density at radius 2 is 1.78 bits per heavy atom. The van der Waals surface area contributed by atoms with Crippen molar-refractivity contribution in [1.82, 2.24) is 5.32 Å². The number of hydrogen-bond acceptors (Lipinski definition) is 3. The first-order valence-corrected chi connectivity index (χ1v) is 11.2. The van der Waals surface area contributed by atoms with Crippen LogP contribution >= 0.6 is 43.6 Å². The number of halogens is 2. The van der Waals surface area contributed by atoms with Gasteiger partial charge in [-0.15, -0.1) is 0 Å². The Bertz CT molecular complexity index is 945. The van der Waals surface area contributed by atoms with E-state index in [0.29, 0.717) is 12.1 Å². The minimum Gasteiger partial charge on any atom is -0.496 e. The Kier molecular flexibility index (Phi) is 7.21. The van der Waals surface area contributed by atoms with Crippen LogP contribution in [0.25, 0.3) is 10.8 Å². The Hall–Kier alpha value is -1.50. The first kappa shape index (κ1) is 20.2. The summed E-state index contributed by atoms with van der Waals surface area (Å²) in [4.78, 5) is 12.1. The van der Waals surface area contributed by atoms with Crippen molar-refractivity contribution in [2.75, 3.05) is 19.4 Å². The number of fused-ring (bicyclic) bond motifs is 1. The third-order valence-electron chi connectivity index (χ3n) is 4.16. The Morgan fingerprint density at radius 1 is 1.04 bits per heavy atom. The number of amides is 1. The van der Waals surface area contributed by atoms with Crippen molar-refractivity contribution in [2.24, 2.45) is 0 Å². The van der Waals surface area contributed by atoms with Gasteiger partial charge in [0.1, 0.15) is 5.75 Å². The van der Waals surface area contributed by atoms with Crippen LogP contribution in [0.5, 0.6) is 5.75 Å². The third kappa shape index (κ3) is 5.27. The molecule has 3 rings (SSSR count). The monoisotopic (exact) mass is 507 g/mol. The van der Waals surface area contributed by atoms with Gasteiger partial charge in [0, 0.05) is 38.1 Å². The van der Waals surface area contributed by atoms with Crippen LogP contribution in [0.15, 0.2) is 63.5 Å². The molecule has 0 heterocycles. The fourth-order valence-corrected chi connectivity index (χ4v) is 4.34. The van der Waals surface area contributed by atoms with Crippen LogP contribution < -0.4 is 10.1 Å².